The predicted octanol–water partition coefficient (Wildman–Crippen LogP) is 2.40. The molecule has 18 heavy (non-hydrogen) atoms. The Morgan fingerprint density at radius 2 is 2.17 bits per heavy atom. The number of methoxy groups -OCH3 is 1. The molecule has 0 aliphatic rings. The monoisotopic (exact) mass is 271 g/mol. The molecule has 0 radical (unpaired) electrons. The SMILES string of the molecule is CCC(Nc1cc(C(=O)OC)ccc1Cl)C(=O)O. The first-order chi connectivity index (χ1) is 8.49. The lowest BCUT2D eigenvalue weighted by atomic mass is 10.1. The molecule has 0 amide bonds. The summed E-state index contributed by atoms with van der Waals surface area (Å²) in [6.07, 6.45) is 0.397. The highest BCUT2D eigenvalue weighted by molar-refractivity contribution is 6.33. The maximum atomic E-state index is 11.4. The van der Waals surface area contributed by atoms with Gasteiger partial charge in [0.15, 0.2) is 0 Å². The van der Waals surface area contributed by atoms with Crippen LogP contribution in [0.2, 0.25) is 5.02 Å². The van der Waals surface area contributed by atoms with Gasteiger partial charge in [0, 0.05) is 0 Å². The van der Waals surface area contributed by atoms with Crippen molar-refractivity contribution < 1.29 is 19.4 Å². The van der Waals surface area contributed by atoms with Crippen LogP contribution in [-0.2, 0) is 9.53 Å². The lowest BCUT2D eigenvalue weighted by Gasteiger charge is -2.15. The first kappa shape index (κ1) is 14.3. The molecule has 0 spiro atoms. The topological polar surface area (TPSA) is 75.6 Å². The number of anilines is 1. The van der Waals surface area contributed by atoms with E-state index in [0.717, 1.165) is 0 Å². The van der Waals surface area contributed by atoms with Crippen LogP contribution in [0, 0.1) is 0 Å². The van der Waals surface area contributed by atoms with E-state index in [9.17, 15) is 9.59 Å². The van der Waals surface area contributed by atoms with Crippen LogP contribution in [0.1, 0.15) is 23.7 Å². The van der Waals surface area contributed by atoms with Gasteiger partial charge in [0.25, 0.3) is 0 Å². The summed E-state index contributed by atoms with van der Waals surface area (Å²) in [6.45, 7) is 1.74. The normalized spacial score (nSPS) is 11.7. The van der Waals surface area contributed by atoms with Gasteiger partial charge in [0.05, 0.1) is 23.4 Å². The van der Waals surface area contributed by atoms with Gasteiger partial charge in [0.2, 0.25) is 0 Å². The number of ether oxygens (including phenoxy) is 1. The van der Waals surface area contributed by atoms with E-state index in [0.29, 0.717) is 22.7 Å². The molecular formula is C12H14ClNO4. The van der Waals surface area contributed by atoms with Crippen LogP contribution in [0.4, 0.5) is 5.69 Å². The van der Waals surface area contributed by atoms with Gasteiger partial charge in [0.1, 0.15) is 6.04 Å². The van der Waals surface area contributed by atoms with Crippen LogP contribution in [0.3, 0.4) is 0 Å². The molecule has 0 aliphatic carbocycles. The lowest BCUT2D eigenvalue weighted by Crippen LogP contribution is -2.28. The third kappa shape index (κ3) is 3.37. The Bertz CT molecular complexity index is 461. The Labute approximate surface area is 110 Å². The summed E-state index contributed by atoms with van der Waals surface area (Å²) in [6, 6.07) is 3.75. The third-order valence-corrected chi connectivity index (χ3v) is 2.75. The van der Waals surface area contributed by atoms with E-state index in [1.165, 1.54) is 25.3 Å². The van der Waals surface area contributed by atoms with E-state index >= 15 is 0 Å². The summed E-state index contributed by atoms with van der Waals surface area (Å²) in [5.74, 6) is -1.48. The fourth-order valence-electron chi connectivity index (χ4n) is 1.41. The minimum atomic E-state index is -0.975. The molecule has 1 rings (SSSR count). The van der Waals surface area contributed by atoms with Crippen molar-refractivity contribution in [3.8, 4) is 0 Å². The number of esters is 1. The molecule has 0 saturated carbocycles. The van der Waals surface area contributed by atoms with Crippen molar-refractivity contribution in [2.45, 2.75) is 19.4 Å². The van der Waals surface area contributed by atoms with Gasteiger partial charge in [-0.1, -0.05) is 18.5 Å². The number of aliphatic carboxylic acids is 1. The Hall–Kier alpha value is -1.75. The second kappa shape index (κ2) is 6.26. The van der Waals surface area contributed by atoms with Gasteiger partial charge < -0.3 is 15.2 Å². The summed E-state index contributed by atoms with van der Waals surface area (Å²) in [5.41, 5.74) is 0.707. The van der Waals surface area contributed by atoms with Crippen molar-refractivity contribution in [1.82, 2.24) is 0 Å². The Morgan fingerprint density at radius 1 is 1.50 bits per heavy atom. The number of carbonyl (C=O) groups excluding carboxylic acids is 1. The molecule has 1 aromatic rings. The third-order valence-electron chi connectivity index (χ3n) is 2.42. The van der Waals surface area contributed by atoms with Crippen LogP contribution in [0.15, 0.2) is 18.2 Å². The van der Waals surface area contributed by atoms with E-state index in [1.54, 1.807) is 6.92 Å². The molecule has 0 heterocycles. The van der Waals surface area contributed by atoms with E-state index in [4.69, 9.17) is 16.7 Å². The summed E-state index contributed by atoms with van der Waals surface area (Å²) in [7, 11) is 1.27. The highest BCUT2D eigenvalue weighted by atomic mass is 35.5. The van der Waals surface area contributed by atoms with Crippen LogP contribution in [0.5, 0.6) is 0 Å². The van der Waals surface area contributed by atoms with Crippen molar-refractivity contribution in [3.63, 3.8) is 0 Å². The summed E-state index contributed by atoms with van der Waals surface area (Å²) < 4.78 is 4.58. The molecule has 98 valence electrons. The second-order valence-corrected chi connectivity index (χ2v) is 4.04. The molecule has 0 aromatic heterocycles. The summed E-state index contributed by atoms with van der Waals surface area (Å²) in [5, 5.41) is 12.1. The van der Waals surface area contributed by atoms with E-state index < -0.39 is 18.0 Å². The van der Waals surface area contributed by atoms with Gasteiger partial charge in [-0.2, -0.15) is 0 Å². The highest BCUT2D eigenvalue weighted by Crippen LogP contribution is 2.24. The molecule has 0 aliphatic heterocycles. The number of carbonyl (C=O) groups is 2. The number of hydrogen-bond acceptors (Lipinski definition) is 4. The molecule has 6 heteroatoms. The number of rotatable bonds is 5. The van der Waals surface area contributed by atoms with Crippen molar-refractivity contribution in [2.75, 3.05) is 12.4 Å². The number of carboxylic acids is 1. The van der Waals surface area contributed by atoms with Crippen molar-refractivity contribution in [3.05, 3.63) is 28.8 Å². The fraction of sp³-hybridized carbons (Fsp3) is 0.333. The standard InChI is InChI=1S/C12H14ClNO4/c1-3-9(11(15)16)14-10-6-7(12(17)18-2)4-5-8(10)13/h4-6,9,14H,3H2,1-2H3,(H,15,16). The highest BCUT2D eigenvalue weighted by Gasteiger charge is 2.17. The van der Waals surface area contributed by atoms with Gasteiger partial charge in [-0.3, -0.25) is 0 Å². The molecular weight excluding hydrogens is 258 g/mol. The average Bonchev–Trinajstić information content (AvgIpc) is 2.36. The molecule has 5 nitrogen and oxygen atoms in total. The fourth-order valence-corrected chi connectivity index (χ4v) is 1.58. The molecule has 0 saturated heterocycles. The number of nitrogens with one attached hydrogen (secondary N) is 1. The quantitative estimate of drug-likeness (QED) is 0.804. The second-order valence-electron chi connectivity index (χ2n) is 3.63. The Balaban J connectivity index is 3.00. The first-order valence-electron chi connectivity index (χ1n) is 5.36. The van der Waals surface area contributed by atoms with Crippen LogP contribution in [-0.4, -0.2) is 30.2 Å². The van der Waals surface area contributed by atoms with Gasteiger partial charge in [-0.15, -0.1) is 0 Å². The number of benzene rings is 1. The minimum absolute atomic E-state index is 0.310. The zero-order chi connectivity index (χ0) is 13.7. The van der Waals surface area contributed by atoms with Gasteiger partial charge >= 0.3 is 11.9 Å². The Kier molecular flexibility index (Phi) is 4.97. The number of hydrogen-bond donors (Lipinski definition) is 2. The van der Waals surface area contributed by atoms with Crippen molar-refractivity contribution in [1.29, 1.82) is 0 Å². The van der Waals surface area contributed by atoms with Crippen molar-refractivity contribution >= 4 is 29.2 Å². The van der Waals surface area contributed by atoms with E-state index in [1.807, 2.05) is 0 Å². The first-order valence-corrected chi connectivity index (χ1v) is 5.74. The van der Waals surface area contributed by atoms with Crippen LogP contribution in [0.25, 0.3) is 0 Å². The van der Waals surface area contributed by atoms with Gasteiger partial charge in [-0.25, -0.2) is 9.59 Å². The van der Waals surface area contributed by atoms with Gasteiger partial charge in [-0.05, 0) is 24.6 Å². The minimum Gasteiger partial charge on any atom is -0.480 e. The smallest absolute Gasteiger partial charge is 0.337 e. The summed E-state index contributed by atoms with van der Waals surface area (Å²) in [4.78, 5) is 22.3. The molecule has 0 fully saturated rings. The molecule has 1 aromatic carbocycles. The molecule has 1 atom stereocenters. The van der Waals surface area contributed by atoms with E-state index in [2.05, 4.69) is 10.1 Å². The Morgan fingerprint density at radius 3 is 2.67 bits per heavy atom. The zero-order valence-electron chi connectivity index (χ0n) is 10.1. The maximum Gasteiger partial charge on any atom is 0.337 e. The molecule has 1 unspecified atom stereocenters. The summed E-state index contributed by atoms with van der Waals surface area (Å²) >= 11 is 5.94. The molecule has 0 bridgehead atoms. The largest absolute Gasteiger partial charge is 0.480 e. The van der Waals surface area contributed by atoms with Crippen molar-refractivity contribution in [2.24, 2.45) is 0 Å². The van der Waals surface area contributed by atoms with E-state index in [-0.39, 0.29) is 0 Å². The lowest BCUT2D eigenvalue weighted by molar-refractivity contribution is -0.137. The van der Waals surface area contributed by atoms with Crippen LogP contribution >= 0.6 is 11.6 Å². The maximum absolute atomic E-state index is 11.4. The number of carboxylic acid groups (broad SMARTS) is 1. The number of halogens is 1. The zero-order valence-corrected chi connectivity index (χ0v) is 10.8. The predicted molar refractivity (Wildman–Crippen MR) is 68.1 cm³/mol. The van der Waals surface area contributed by atoms with Crippen LogP contribution < -0.4 is 5.32 Å². The average molecular weight is 272 g/mol. The molecule has 2 N–H and O–H groups in total.